The van der Waals surface area contributed by atoms with Gasteiger partial charge in [-0.05, 0) is 25.0 Å². The van der Waals surface area contributed by atoms with Gasteiger partial charge in [-0.2, -0.15) is 4.98 Å². The van der Waals surface area contributed by atoms with Gasteiger partial charge in [-0.15, -0.1) is 0 Å². The van der Waals surface area contributed by atoms with Crippen LogP contribution in [0.15, 0.2) is 39.3 Å². The highest BCUT2D eigenvalue weighted by atomic mass is 16.5. The molecular formula is C19H19N3O3. The molecule has 6 heteroatoms. The van der Waals surface area contributed by atoms with Crippen molar-refractivity contribution in [1.82, 2.24) is 15.0 Å². The third-order valence-corrected chi connectivity index (χ3v) is 5.36. The molecule has 5 rings (SSSR count). The summed E-state index contributed by atoms with van der Waals surface area (Å²) >= 11 is 0. The van der Waals surface area contributed by atoms with Crippen LogP contribution in [0.3, 0.4) is 0 Å². The van der Waals surface area contributed by atoms with Crippen molar-refractivity contribution in [3.8, 4) is 11.6 Å². The van der Waals surface area contributed by atoms with E-state index in [1.807, 2.05) is 35.2 Å². The van der Waals surface area contributed by atoms with Gasteiger partial charge in [-0.3, -0.25) is 4.79 Å². The van der Waals surface area contributed by atoms with Gasteiger partial charge in [0.25, 0.3) is 0 Å². The average Bonchev–Trinajstić information content (AvgIpc) is 3.39. The summed E-state index contributed by atoms with van der Waals surface area (Å²) < 4.78 is 11.2. The smallest absolute Gasteiger partial charge is 0.238 e. The second-order valence-electron chi connectivity index (χ2n) is 6.99. The third-order valence-electron chi connectivity index (χ3n) is 5.36. The molecule has 0 bridgehead atoms. The van der Waals surface area contributed by atoms with Crippen LogP contribution in [0.25, 0.3) is 22.6 Å². The maximum atomic E-state index is 12.4. The van der Waals surface area contributed by atoms with Crippen LogP contribution in [0.1, 0.15) is 43.9 Å². The number of likely N-dealkylation sites (tertiary alicyclic amines) is 1. The van der Waals surface area contributed by atoms with E-state index in [0.717, 1.165) is 23.8 Å². The Morgan fingerprint density at radius 2 is 2.00 bits per heavy atom. The molecule has 1 aliphatic carbocycles. The standard InChI is InChI=1S/C19H19N3O3/c23-17-10-13(11-22(17)14-6-2-3-7-14)19-20-18(21-25-19)16-9-12-5-1-4-8-15(12)24-16/h1,4-5,8-9,13-14H,2-3,6-7,10-11H2. The van der Waals surface area contributed by atoms with E-state index in [1.165, 1.54) is 12.8 Å². The van der Waals surface area contributed by atoms with E-state index in [9.17, 15) is 4.79 Å². The number of amides is 1. The van der Waals surface area contributed by atoms with Crippen LogP contribution < -0.4 is 0 Å². The summed E-state index contributed by atoms with van der Waals surface area (Å²) in [5, 5.41) is 5.07. The summed E-state index contributed by atoms with van der Waals surface area (Å²) in [5.74, 6) is 1.76. The van der Waals surface area contributed by atoms with Crippen molar-refractivity contribution >= 4 is 16.9 Å². The van der Waals surface area contributed by atoms with Crippen LogP contribution in [0.4, 0.5) is 0 Å². The fourth-order valence-corrected chi connectivity index (χ4v) is 4.06. The van der Waals surface area contributed by atoms with Gasteiger partial charge in [0.05, 0.1) is 5.92 Å². The molecule has 2 fully saturated rings. The summed E-state index contributed by atoms with van der Waals surface area (Å²) in [6.45, 7) is 0.686. The van der Waals surface area contributed by atoms with Gasteiger partial charge in [0.2, 0.25) is 17.6 Å². The predicted octanol–water partition coefficient (Wildman–Crippen LogP) is 3.74. The first-order chi connectivity index (χ1) is 12.3. The molecular weight excluding hydrogens is 318 g/mol. The Bertz CT molecular complexity index is 890. The highest BCUT2D eigenvalue weighted by molar-refractivity contribution is 5.81. The van der Waals surface area contributed by atoms with Crippen molar-refractivity contribution in [2.24, 2.45) is 0 Å². The summed E-state index contributed by atoms with van der Waals surface area (Å²) in [4.78, 5) is 18.9. The quantitative estimate of drug-likeness (QED) is 0.728. The maximum absolute atomic E-state index is 12.4. The first kappa shape index (κ1) is 14.7. The molecule has 1 unspecified atom stereocenters. The number of nitrogens with zero attached hydrogens (tertiary/aromatic N) is 3. The Hall–Kier alpha value is -2.63. The molecule has 1 amide bonds. The van der Waals surface area contributed by atoms with Crippen LogP contribution in [0.2, 0.25) is 0 Å². The molecule has 0 spiro atoms. The molecule has 25 heavy (non-hydrogen) atoms. The lowest BCUT2D eigenvalue weighted by atomic mass is 10.1. The second kappa shape index (κ2) is 5.72. The van der Waals surface area contributed by atoms with Crippen LogP contribution in [-0.2, 0) is 4.79 Å². The Morgan fingerprint density at radius 1 is 1.16 bits per heavy atom. The SMILES string of the molecule is O=C1CC(c2nc(-c3cc4ccccc4o3)no2)CN1C1CCCC1. The molecule has 3 aromatic rings. The van der Waals surface area contributed by atoms with Gasteiger partial charge in [0, 0.05) is 24.4 Å². The highest BCUT2D eigenvalue weighted by Gasteiger charge is 2.38. The minimum absolute atomic E-state index is 0.0151. The molecule has 1 aromatic carbocycles. The molecule has 0 radical (unpaired) electrons. The fraction of sp³-hybridized carbons (Fsp3) is 0.421. The average molecular weight is 337 g/mol. The van der Waals surface area contributed by atoms with Crippen LogP contribution in [0.5, 0.6) is 0 Å². The molecule has 6 nitrogen and oxygen atoms in total. The summed E-state index contributed by atoms with van der Waals surface area (Å²) in [6, 6.07) is 10.1. The number of carbonyl (C=O) groups is 1. The van der Waals surface area contributed by atoms with E-state index >= 15 is 0 Å². The predicted molar refractivity (Wildman–Crippen MR) is 90.8 cm³/mol. The Balaban J connectivity index is 1.38. The molecule has 1 atom stereocenters. The third kappa shape index (κ3) is 2.52. The first-order valence-electron chi connectivity index (χ1n) is 8.90. The van der Waals surface area contributed by atoms with E-state index in [-0.39, 0.29) is 11.8 Å². The van der Waals surface area contributed by atoms with E-state index in [0.29, 0.717) is 36.5 Å². The zero-order valence-electron chi connectivity index (χ0n) is 13.9. The lowest BCUT2D eigenvalue weighted by molar-refractivity contribution is -0.129. The van der Waals surface area contributed by atoms with E-state index in [1.54, 1.807) is 0 Å². The number of para-hydroxylation sites is 1. The van der Waals surface area contributed by atoms with Gasteiger partial charge in [0.15, 0.2) is 5.76 Å². The summed E-state index contributed by atoms with van der Waals surface area (Å²) in [6.07, 6.45) is 5.13. The van der Waals surface area contributed by atoms with Gasteiger partial charge >= 0.3 is 0 Å². The van der Waals surface area contributed by atoms with Crippen molar-refractivity contribution in [2.75, 3.05) is 6.54 Å². The van der Waals surface area contributed by atoms with Crippen molar-refractivity contribution in [3.63, 3.8) is 0 Å². The molecule has 1 saturated carbocycles. The zero-order chi connectivity index (χ0) is 16.8. The second-order valence-corrected chi connectivity index (χ2v) is 6.99. The maximum Gasteiger partial charge on any atom is 0.238 e. The first-order valence-corrected chi connectivity index (χ1v) is 8.90. The molecule has 0 N–H and O–H groups in total. The lowest BCUT2D eigenvalue weighted by Crippen LogP contribution is -2.34. The van der Waals surface area contributed by atoms with Crippen molar-refractivity contribution in [3.05, 3.63) is 36.2 Å². The monoisotopic (exact) mass is 337 g/mol. The van der Waals surface area contributed by atoms with E-state index < -0.39 is 0 Å². The number of benzene rings is 1. The normalized spacial score (nSPS) is 21.7. The Labute approximate surface area is 144 Å². The summed E-state index contributed by atoms with van der Waals surface area (Å²) in [7, 11) is 0. The highest BCUT2D eigenvalue weighted by Crippen LogP contribution is 2.34. The molecule has 3 heterocycles. The Kier molecular flexibility index (Phi) is 3.36. The molecule has 128 valence electrons. The van der Waals surface area contributed by atoms with Gasteiger partial charge < -0.3 is 13.8 Å². The minimum atomic E-state index is -0.0151. The van der Waals surface area contributed by atoms with Crippen molar-refractivity contribution < 1.29 is 13.7 Å². The van der Waals surface area contributed by atoms with Gasteiger partial charge in [0.1, 0.15) is 5.58 Å². The molecule has 1 saturated heterocycles. The number of aromatic nitrogens is 2. The number of furan rings is 1. The summed E-state index contributed by atoms with van der Waals surface area (Å²) in [5.41, 5.74) is 0.798. The zero-order valence-corrected chi connectivity index (χ0v) is 13.9. The van der Waals surface area contributed by atoms with Crippen molar-refractivity contribution in [2.45, 2.75) is 44.1 Å². The van der Waals surface area contributed by atoms with Gasteiger partial charge in [-0.1, -0.05) is 36.2 Å². The molecule has 2 aromatic heterocycles. The number of fused-ring (bicyclic) bond motifs is 1. The molecule has 1 aliphatic heterocycles. The van der Waals surface area contributed by atoms with Crippen LogP contribution in [0, 0.1) is 0 Å². The minimum Gasteiger partial charge on any atom is -0.453 e. The Morgan fingerprint density at radius 3 is 2.84 bits per heavy atom. The number of hydrogen-bond acceptors (Lipinski definition) is 5. The number of carbonyl (C=O) groups excluding carboxylic acids is 1. The van der Waals surface area contributed by atoms with Gasteiger partial charge in [-0.25, -0.2) is 0 Å². The van der Waals surface area contributed by atoms with Crippen LogP contribution in [-0.4, -0.2) is 33.5 Å². The topological polar surface area (TPSA) is 72.4 Å². The van der Waals surface area contributed by atoms with Crippen molar-refractivity contribution in [1.29, 1.82) is 0 Å². The van der Waals surface area contributed by atoms with Crippen LogP contribution >= 0.6 is 0 Å². The largest absolute Gasteiger partial charge is 0.453 e. The number of rotatable bonds is 3. The van der Waals surface area contributed by atoms with E-state index in [4.69, 9.17) is 8.94 Å². The molecule has 2 aliphatic rings. The lowest BCUT2D eigenvalue weighted by Gasteiger charge is -2.23. The van der Waals surface area contributed by atoms with E-state index in [2.05, 4.69) is 10.1 Å². The fourth-order valence-electron chi connectivity index (χ4n) is 4.06. The number of hydrogen-bond donors (Lipinski definition) is 0.